The molecule has 11 heteroatoms. The van der Waals surface area contributed by atoms with Gasteiger partial charge in [-0.05, 0) is 42.5 Å². The molecule has 0 saturated carbocycles. The minimum absolute atomic E-state index is 0.00855. The van der Waals surface area contributed by atoms with Gasteiger partial charge in [0.15, 0.2) is 0 Å². The van der Waals surface area contributed by atoms with Crippen molar-refractivity contribution in [3.63, 3.8) is 0 Å². The number of hydrogen-bond acceptors (Lipinski definition) is 4. The van der Waals surface area contributed by atoms with E-state index in [4.69, 9.17) is 4.42 Å². The largest absolute Gasteiger partial charge is 0.423 e. The summed E-state index contributed by atoms with van der Waals surface area (Å²) in [6.07, 6.45) is -8.92. The Labute approximate surface area is 153 Å². The minimum atomic E-state index is -5.01. The number of rotatable bonds is 3. The van der Waals surface area contributed by atoms with Gasteiger partial charge in [0.1, 0.15) is 0 Å². The van der Waals surface area contributed by atoms with Crippen molar-refractivity contribution in [1.29, 1.82) is 0 Å². The third-order valence-electron chi connectivity index (χ3n) is 3.60. The average molecular weight is 401 g/mol. The molecule has 0 unspecified atom stereocenters. The van der Waals surface area contributed by atoms with Gasteiger partial charge in [0.25, 0.3) is 5.91 Å². The molecule has 1 amide bonds. The van der Waals surface area contributed by atoms with E-state index < -0.39 is 35.1 Å². The standard InChI is InChI=1S/C17H9F6N3O2/c18-16(19,20)11-5-12(17(21,22)23)7-13(6-11)25-14(27)9-1-3-10(4-2-9)15-26-24-8-28-15/h1-8H,(H,25,27). The van der Waals surface area contributed by atoms with Gasteiger partial charge in [-0.15, -0.1) is 10.2 Å². The van der Waals surface area contributed by atoms with E-state index in [0.29, 0.717) is 17.7 Å². The molecular formula is C17H9F6N3O2. The van der Waals surface area contributed by atoms with Gasteiger partial charge < -0.3 is 9.73 Å². The zero-order chi connectivity index (χ0) is 20.5. The van der Waals surface area contributed by atoms with Crippen molar-refractivity contribution >= 4 is 11.6 Å². The molecule has 3 aromatic rings. The fourth-order valence-electron chi connectivity index (χ4n) is 2.29. The number of carbonyl (C=O) groups is 1. The molecule has 0 atom stereocenters. The highest BCUT2D eigenvalue weighted by molar-refractivity contribution is 6.04. The van der Waals surface area contributed by atoms with Crippen LogP contribution in [0.4, 0.5) is 32.0 Å². The van der Waals surface area contributed by atoms with Crippen LogP contribution < -0.4 is 5.32 Å². The van der Waals surface area contributed by atoms with E-state index in [2.05, 4.69) is 10.2 Å². The number of nitrogens with one attached hydrogen (secondary N) is 1. The highest BCUT2D eigenvalue weighted by atomic mass is 19.4. The summed E-state index contributed by atoms with van der Waals surface area (Å²) in [6.45, 7) is 0. The van der Waals surface area contributed by atoms with E-state index >= 15 is 0 Å². The van der Waals surface area contributed by atoms with Gasteiger partial charge in [-0.2, -0.15) is 26.3 Å². The van der Waals surface area contributed by atoms with Crippen LogP contribution in [0.1, 0.15) is 21.5 Å². The Morgan fingerprint density at radius 1 is 0.893 bits per heavy atom. The molecule has 5 nitrogen and oxygen atoms in total. The second kappa shape index (κ2) is 6.98. The van der Waals surface area contributed by atoms with Crippen LogP contribution in [0.5, 0.6) is 0 Å². The molecule has 1 aromatic heterocycles. The summed E-state index contributed by atoms with van der Waals surface area (Å²) in [6, 6.07) is 6.35. The van der Waals surface area contributed by atoms with E-state index in [9.17, 15) is 31.1 Å². The second-order valence-electron chi connectivity index (χ2n) is 5.57. The molecule has 2 aromatic carbocycles. The lowest BCUT2D eigenvalue weighted by molar-refractivity contribution is -0.143. The first-order valence-electron chi connectivity index (χ1n) is 7.51. The van der Waals surface area contributed by atoms with E-state index in [-0.39, 0.29) is 17.5 Å². The maximum absolute atomic E-state index is 12.9. The van der Waals surface area contributed by atoms with Gasteiger partial charge in [-0.3, -0.25) is 4.79 Å². The Morgan fingerprint density at radius 3 is 1.93 bits per heavy atom. The fraction of sp³-hybridized carbons (Fsp3) is 0.118. The summed E-state index contributed by atoms with van der Waals surface area (Å²) < 4.78 is 82.2. The molecular weight excluding hydrogens is 392 g/mol. The van der Waals surface area contributed by atoms with Crippen LogP contribution >= 0.6 is 0 Å². The Bertz CT molecular complexity index is 947. The number of carbonyl (C=O) groups excluding carboxylic acids is 1. The van der Waals surface area contributed by atoms with Crippen molar-refractivity contribution in [2.75, 3.05) is 5.32 Å². The fourth-order valence-corrected chi connectivity index (χ4v) is 2.29. The zero-order valence-corrected chi connectivity index (χ0v) is 13.6. The van der Waals surface area contributed by atoms with Crippen molar-refractivity contribution < 1.29 is 35.6 Å². The highest BCUT2D eigenvalue weighted by Gasteiger charge is 2.37. The molecule has 1 N–H and O–H groups in total. The van der Waals surface area contributed by atoms with Crippen LogP contribution in [-0.4, -0.2) is 16.1 Å². The van der Waals surface area contributed by atoms with Crippen molar-refractivity contribution in [2.24, 2.45) is 0 Å². The van der Waals surface area contributed by atoms with Crippen molar-refractivity contribution in [3.8, 4) is 11.5 Å². The molecule has 0 fully saturated rings. The van der Waals surface area contributed by atoms with Crippen LogP contribution in [0.15, 0.2) is 53.3 Å². The topological polar surface area (TPSA) is 68.0 Å². The summed E-state index contributed by atoms with van der Waals surface area (Å²) in [5.41, 5.74) is -3.19. The van der Waals surface area contributed by atoms with Gasteiger partial charge >= 0.3 is 12.4 Å². The molecule has 146 valence electrons. The zero-order valence-electron chi connectivity index (χ0n) is 13.6. The van der Waals surface area contributed by atoms with Crippen LogP contribution in [0.2, 0.25) is 0 Å². The average Bonchev–Trinajstić information content (AvgIpc) is 3.15. The smallest absolute Gasteiger partial charge is 0.416 e. The van der Waals surface area contributed by atoms with Crippen LogP contribution in [0.3, 0.4) is 0 Å². The summed E-state index contributed by atoms with van der Waals surface area (Å²) in [7, 11) is 0. The van der Waals surface area contributed by atoms with Gasteiger partial charge in [-0.1, -0.05) is 0 Å². The highest BCUT2D eigenvalue weighted by Crippen LogP contribution is 2.37. The molecule has 0 aliphatic heterocycles. The van der Waals surface area contributed by atoms with E-state index in [1.165, 1.54) is 24.3 Å². The Morgan fingerprint density at radius 2 is 1.46 bits per heavy atom. The van der Waals surface area contributed by atoms with Crippen LogP contribution in [-0.2, 0) is 12.4 Å². The second-order valence-corrected chi connectivity index (χ2v) is 5.57. The number of benzene rings is 2. The van der Waals surface area contributed by atoms with Gasteiger partial charge in [-0.25, -0.2) is 0 Å². The first-order valence-corrected chi connectivity index (χ1v) is 7.51. The SMILES string of the molecule is O=C(Nc1cc(C(F)(F)F)cc(C(F)(F)F)c1)c1ccc(-c2nnco2)cc1. The third kappa shape index (κ3) is 4.30. The predicted octanol–water partition coefficient (Wildman–Crippen LogP) is 5.03. The van der Waals surface area contributed by atoms with Crippen molar-refractivity contribution in [3.05, 3.63) is 65.5 Å². The number of amides is 1. The summed E-state index contributed by atoms with van der Waals surface area (Å²) in [5, 5.41) is 9.20. The number of anilines is 1. The Hall–Kier alpha value is -3.37. The summed E-state index contributed by atoms with van der Waals surface area (Å²) in [5.74, 6) is -0.704. The lowest BCUT2D eigenvalue weighted by Crippen LogP contribution is -2.15. The molecule has 0 bridgehead atoms. The number of alkyl halides is 6. The summed E-state index contributed by atoms with van der Waals surface area (Å²) in [4.78, 5) is 12.2. The Balaban J connectivity index is 1.87. The Kier molecular flexibility index (Phi) is 4.84. The van der Waals surface area contributed by atoms with Gasteiger partial charge in [0.05, 0.1) is 11.1 Å². The van der Waals surface area contributed by atoms with E-state index in [1.807, 2.05) is 5.32 Å². The van der Waals surface area contributed by atoms with Crippen molar-refractivity contribution in [1.82, 2.24) is 10.2 Å². The lowest BCUT2D eigenvalue weighted by atomic mass is 10.1. The monoisotopic (exact) mass is 401 g/mol. The first-order chi connectivity index (χ1) is 13.0. The molecule has 0 aliphatic rings. The number of hydrogen-bond donors (Lipinski definition) is 1. The predicted molar refractivity (Wildman–Crippen MR) is 84.1 cm³/mol. The molecule has 0 radical (unpaired) electrons. The number of aromatic nitrogens is 2. The quantitative estimate of drug-likeness (QED) is 0.626. The number of halogens is 6. The molecule has 0 spiro atoms. The van der Waals surface area contributed by atoms with Gasteiger partial charge in [0, 0.05) is 16.8 Å². The minimum Gasteiger partial charge on any atom is -0.423 e. The summed E-state index contributed by atoms with van der Waals surface area (Å²) >= 11 is 0. The third-order valence-corrected chi connectivity index (χ3v) is 3.60. The lowest BCUT2D eigenvalue weighted by Gasteiger charge is -2.14. The van der Waals surface area contributed by atoms with Gasteiger partial charge in [0.2, 0.25) is 12.3 Å². The van der Waals surface area contributed by atoms with E-state index in [0.717, 1.165) is 6.39 Å². The maximum atomic E-state index is 12.9. The normalized spacial score (nSPS) is 12.1. The molecule has 0 aliphatic carbocycles. The maximum Gasteiger partial charge on any atom is 0.416 e. The van der Waals surface area contributed by atoms with Crippen molar-refractivity contribution in [2.45, 2.75) is 12.4 Å². The molecule has 0 saturated heterocycles. The van der Waals surface area contributed by atoms with Crippen LogP contribution in [0, 0.1) is 0 Å². The van der Waals surface area contributed by atoms with E-state index in [1.54, 1.807) is 0 Å². The molecule has 3 rings (SSSR count). The molecule has 1 heterocycles. The first kappa shape index (κ1) is 19.4. The number of nitrogens with zero attached hydrogens (tertiary/aromatic N) is 2. The van der Waals surface area contributed by atoms with Crippen LogP contribution in [0.25, 0.3) is 11.5 Å². The molecule has 28 heavy (non-hydrogen) atoms.